The van der Waals surface area contributed by atoms with Gasteiger partial charge in [0.05, 0.1) is 0 Å². The Morgan fingerprint density at radius 2 is 1.73 bits per heavy atom. The minimum Gasteiger partial charge on any atom is -0.378 e. The zero-order valence-corrected chi connectivity index (χ0v) is 6.01. The van der Waals surface area contributed by atoms with Crippen LogP contribution >= 0.6 is 0 Å². The molecule has 0 aromatic carbocycles. The van der Waals surface area contributed by atoms with Crippen LogP contribution in [0.15, 0.2) is 0 Å². The van der Waals surface area contributed by atoms with E-state index in [-0.39, 0.29) is 13.0 Å². The van der Waals surface area contributed by atoms with Gasteiger partial charge >= 0.3 is 0 Å². The number of rotatable bonds is 5. The zero-order chi connectivity index (χ0) is 8.85. The van der Waals surface area contributed by atoms with Crippen LogP contribution in [0.5, 0.6) is 0 Å². The summed E-state index contributed by atoms with van der Waals surface area (Å²) < 4.78 is 0. The number of aliphatic hydroxyl groups excluding tert-OH is 3. The summed E-state index contributed by atoms with van der Waals surface area (Å²) >= 11 is 0. The summed E-state index contributed by atoms with van der Waals surface area (Å²) in [6, 6.07) is 0. The molecule has 0 aliphatic carbocycles. The van der Waals surface area contributed by atoms with Crippen molar-refractivity contribution >= 4 is 0 Å². The number of hydrogen-bond donors (Lipinski definition) is 6. The lowest BCUT2D eigenvalue weighted by molar-refractivity contribution is -0.0761. The van der Waals surface area contributed by atoms with Crippen molar-refractivity contribution in [2.45, 2.75) is 25.2 Å². The molecule has 0 aliphatic rings. The third-order valence-corrected chi connectivity index (χ3v) is 0.997. The molecule has 0 aromatic heterocycles. The van der Waals surface area contributed by atoms with E-state index < -0.39 is 18.7 Å². The Bertz CT molecular complexity index is 98.5. The average molecular weight is 166 g/mol. The second-order valence-electron chi connectivity index (χ2n) is 2.21. The molecule has 0 saturated heterocycles. The number of nitrogens with two attached hydrogens (primary N) is 1. The molecule has 0 spiro atoms. The molecule has 0 bridgehead atoms. The van der Waals surface area contributed by atoms with Crippen molar-refractivity contribution in [3.63, 3.8) is 0 Å². The second kappa shape index (κ2) is 5.42. The molecule has 2 unspecified atom stereocenters. The van der Waals surface area contributed by atoms with E-state index in [1.165, 1.54) is 0 Å². The third-order valence-electron chi connectivity index (χ3n) is 0.997. The van der Waals surface area contributed by atoms with Crippen LogP contribution < -0.4 is 11.1 Å². The molecule has 0 amide bonds. The van der Waals surface area contributed by atoms with E-state index in [9.17, 15) is 0 Å². The molecule has 6 nitrogen and oxygen atoms in total. The van der Waals surface area contributed by atoms with Gasteiger partial charge in [-0.1, -0.05) is 0 Å². The van der Waals surface area contributed by atoms with Crippen molar-refractivity contribution in [3.8, 4) is 0 Å². The highest BCUT2D eigenvalue weighted by atomic mass is 16.5. The highest BCUT2D eigenvalue weighted by molar-refractivity contribution is 4.56. The van der Waals surface area contributed by atoms with E-state index in [1.807, 2.05) is 0 Å². The topological polar surface area (TPSA) is 119 Å². The van der Waals surface area contributed by atoms with E-state index in [4.69, 9.17) is 26.2 Å². The van der Waals surface area contributed by atoms with Crippen LogP contribution in [0.25, 0.3) is 0 Å². The van der Waals surface area contributed by atoms with Crippen LogP contribution in [0.4, 0.5) is 0 Å². The zero-order valence-electron chi connectivity index (χ0n) is 6.01. The predicted molar refractivity (Wildman–Crippen MR) is 37.0 cm³/mol. The monoisotopic (exact) mass is 166 g/mol. The molecule has 68 valence electrons. The molecule has 0 radical (unpaired) electrons. The summed E-state index contributed by atoms with van der Waals surface area (Å²) in [5.41, 5.74) is 4.93. The van der Waals surface area contributed by atoms with Gasteiger partial charge in [-0.15, -0.1) is 0 Å². The molecule has 0 aromatic rings. The highest BCUT2D eigenvalue weighted by Gasteiger charge is 2.08. The first kappa shape index (κ1) is 10.8. The molecular weight excluding hydrogens is 152 g/mol. The molecule has 7 N–H and O–H groups in total. The second-order valence-corrected chi connectivity index (χ2v) is 2.21. The van der Waals surface area contributed by atoms with Gasteiger partial charge in [0.15, 0.2) is 6.29 Å². The Balaban J connectivity index is 3.29. The van der Waals surface area contributed by atoms with E-state index in [0.29, 0.717) is 0 Å². The Labute approximate surface area is 64.3 Å². The van der Waals surface area contributed by atoms with Gasteiger partial charge in [0.2, 0.25) is 0 Å². The largest absolute Gasteiger partial charge is 0.378 e. The van der Waals surface area contributed by atoms with Crippen LogP contribution in [0.1, 0.15) is 6.42 Å². The number of nitrogens with one attached hydrogen (secondary N) is 1. The summed E-state index contributed by atoms with van der Waals surface area (Å²) in [5.74, 6) is 0. The van der Waals surface area contributed by atoms with Gasteiger partial charge in [0, 0.05) is 13.0 Å². The van der Waals surface area contributed by atoms with Gasteiger partial charge in [-0.25, -0.2) is 0 Å². The number of aliphatic hydroxyl groups is 4. The quantitative estimate of drug-likeness (QED) is 0.240. The molecule has 0 aliphatic heterocycles. The van der Waals surface area contributed by atoms with Crippen LogP contribution in [0, 0.1) is 0 Å². The van der Waals surface area contributed by atoms with Crippen molar-refractivity contribution < 1.29 is 20.4 Å². The maximum atomic E-state index is 8.87. The molecule has 0 rings (SSSR count). The van der Waals surface area contributed by atoms with Gasteiger partial charge in [-0.05, 0) is 0 Å². The van der Waals surface area contributed by atoms with E-state index in [0.717, 1.165) is 0 Å². The Hall–Kier alpha value is -0.240. The van der Waals surface area contributed by atoms with Crippen molar-refractivity contribution in [3.05, 3.63) is 0 Å². The maximum Gasteiger partial charge on any atom is 0.155 e. The van der Waals surface area contributed by atoms with Crippen LogP contribution in [0.2, 0.25) is 0 Å². The first-order valence-corrected chi connectivity index (χ1v) is 3.23. The van der Waals surface area contributed by atoms with Gasteiger partial charge in [-0.2, -0.15) is 0 Å². The third kappa shape index (κ3) is 7.66. The van der Waals surface area contributed by atoms with Gasteiger partial charge in [0.25, 0.3) is 0 Å². The first-order valence-electron chi connectivity index (χ1n) is 3.23. The molecule has 11 heavy (non-hydrogen) atoms. The summed E-state index contributed by atoms with van der Waals surface area (Å²) in [7, 11) is 0. The fourth-order valence-electron chi connectivity index (χ4n) is 0.540. The maximum absolute atomic E-state index is 8.87. The fraction of sp³-hybridized carbons (Fsp3) is 1.00. The summed E-state index contributed by atoms with van der Waals surface area (Å²) in [6.45, 7) is 0.00782. The number of hydrogen-bond acceptors (Lipinski definition) is 6. The molecule has 6 heteroatoms. The Morgan fingerprint density at radius 3 is 2.09 bits per heavy atom. The highest BCUT2D eigenvalue weighted by Crippen LogP contribution is 1.90. The summed E-state index contributed by atoms with van der Waals surface area (Å²) in [5, 5.41) is 36.5. The Kier molecular flexibility index (Phi) is 5.30. The Morgan fingerprint density at radius 1 is 1.18 bits per heavy atom. The lowest BCUT2D eigenvalue weighted by Gasteiger charge is -2.14. The minimum atomic E-state index is -1.56. The lowest BCUT2D eigenvalue weighted by atomic mass is 10.3. The van der Waals surface area contributed by atoms with E-state index in [2.05, 4.69) is 5.32 Å². The van der Waals surface area contributed by atoms with Crippen LogP contribution in [-0.4, -0.2) is 45.7 Å². The van der Waals surface area contributed by atoms with Crippen molar-refractivity contribution in [1.29, 1.82) is 0 Å². The first-order chi connectivity index (χ1) is 5.02. The SMILES string of the molecule is NC(O)CNC(O)CC(O)O. The van der Waals surface area contributed by atoms with Crippen molar-refractivity contribution in [2.24, 2.45) is 5.73 Å². The van der Waals surface area contributed by atoms with Gasteiger partial charge in [-0.3, -0.25) is 5.32 Å². The molecule has 0 saturated carbocycles. The van der Waals surface area contributed by atoms with E-state index >= 15 is 0 Å². The lowest BCUT2D eigenvalue weighted by Crippen LogP contribution is -2.40. The van der Waals surface area contributed by atoms with Crippen LogP contribution in [0.3, 0.4) is 0 Å². The average Bonchev–Trinajstić information content (AvgIpc) is 1.82. The standard InChI is InChI=1S/C5H14N2O4/c6-3(8)2-7-4(9)1-5(10)11/h3-5,7-11H,1-2,6H2. The van der Waals surface area contributed by atoms with Crippen LogP contribution in [-0.2, 0) is 0 Å². The summed E-state index contributed by atoms with van der Waals surface area (Å²) in [4.78, 5) is 0. The summed E-state index contributed by atoms with van der Waals surface area (Å²) in [6.07, 6.45) is -3.90. The van der Waals surface area contributed by atoms with Crippen molar-refractivity contribution in [2.75, 3.05) is 6.54 Å². The normalized spacial score (nSPS) is 16.9. The smallest absolute Gasteiger partial charge is 0.155 e. The van der Waals surface area contributed by atoms with Gasteiger partial charge in [0.1, 0.15) is 12.5 Å². The molecule has 0 heterocycles. The molecule has 2 atom stereocenters. The molecule has 0 fully saturated rings. The van der Waals surface area contributed by atoms with Gasteiger partial charge < -0.3 is 26.2 Å². The minimum absolute atomic E-state index is 0.00782. The fourth-order valence-corrected chi connectivity index (χ4v) is 0.540. The van der Waals surface area contributed by atoms with E-state index in [1.54, 1.807) is 0 Å². The molecular formula is C5H14N2O4. The van der Waals surface area contributed by atoms with Crippen molar-refractivity contribution in [1.82, 2.24) is 5.32 Å². The predicted octanol–water partition coefficient (Wildman–Crippen LogP) is -3.13.